The largest absolute Gasteiger partial charge is 0.433 e. The number of hydrogen-bond acceptors (Lipinski definition) is 4. The number of aromatic amines is 1. The quantitative estimate of drug-likeness (QED) is 0.748. The number of aromatic nitrogens is 3. The minimum absolute atomic E-state index is 0.0760. The Balaban J connectivity index is 2.18. The number of rotatable bonds is 1. The Kier molecular flexibility index (Phi) is 2.98. The Morgan fingerprint density at radius 3 is 2.67 bits per heavy atom. The standard InChI is InChI=1S/C12H5ClF3N3O2/c13-8-5(3-4-17-9(8)20)10-18-6-1-2-7(12(14,15)16)19-11(6)21-10/h1-4H,(H,17,20). The lowest BCUT2D eigenvalue weighted by molar-refractivity contribution is -0.141. The molecule has 0 fully saturated rings. The van der Waals surface area contributed by atoms with Gasteiger partial charge in [0.1, 0.15) is 16.2 Å². The van der Waals surface area contributed by atoms with E-state index in [0.717, 1.165) is 12.1 Å². The van der Waals surface area contributed by atoms with E-state index in [-0.39, 0.29) is 27.7 Å². The molecule has 0 atom stereocenters. The van der Waals surface area contributed by atoms with Crippen LogP contribution < -0.4 is 5.56 Å². The van der Waals surface area contributed by atoms with Crippen LogP contribution in [0.1, 0.15) is 5.69 Å². The van der Waals surface area contributed by atoms with Crippen molar-refractivity contribution in [2.24, 2.45) is 0 Å². The molecule has 0 aromatic carbocycles. The maximum atomic E-state index is 12.6. The molecule has 0 radical (unpaired) electrons. The second-order valence-corrected chi connectivity index (χ2v) is 4.45. The molecule has 3 aromatic rings. The highest BCUT2D eigenvalue weighted by Gasteiger charge is 2.33. The van der Waals surface area contributed by atoms with E-state index in [9.17, 15) is 18.0 Å². The van der Waals surface area contributed by atoms with Crippen LogP contribution in [-0.4, -0.2) is 15.0 Å². The molecule has 0 saturated carbocycles. The van der Waals surface area contributed by atoms with Crippen molar-refractivity contribution in [1.29, 1.82) is 0 Å². The highest BCUT2D eigenvalue weighted by atomic mass is 35.5. The molecular formula is C12H5ClF3N3O2. The third kappa shape index (κ3) is 2.38. The predicted octanol–water partition coefficient (Wildman–Crippen LogP) is 3.25. The number of hydrogen-bond donors (Lipinski definition) is 1. The molecule has 1 N–H and O–H groups in total. The van der Waals surface area contributed by atoms with Gasteiger partial charge in [0.25, 0.3) is 5.56 Å². The Bertz CT molecular complexity index is 885. The van der Waals surface area contributed by atoms with E-state index in [4.69, 9.17) is 16.0 Å². The molecule has 0 aliphatic rings. The van der Waals surface area contributed by atoms with Crippen molar-refractivity contribution in [3.05, 3.63) is 45.5 Å². The van der Waals surface area contributed by atoms with E-state index in [1.165, 1.54) is 12.3 Å². The number of halogens is 4. The van der Waals surface area contributed by atoms with Gasteiger partial charge < -0.3 is 9.40 Å². The number of H-pyrrole nitrogens is 1. The van der Waals surface area contributed by atoms with Crippen LogP contribution in [0.5, 0.6) is 0 Å². The average molecular weight is 316 g/mol. The Morgan fingerprint density at radius 1 is 1.19 bits per heavy atom. The van der Waals surface area contributed by atoms with Crippen molar-refractivity contribution in [2.45, 2.75) is 6.18 Å². The zero-order chi connectivity index (χ0) is 15.2. The normalized spacial score (nSPS) is 12.0. The van der Waals surface area contributed by atoms with E-state index >= 15 is 0 Å². The third-order valence-corrected chi connectivity index (χ3v) is 3.05. The van der Waals surface area contributed by atoms with Gasteiger partial charge in [-0.1, -0.05) is 11.6 Å². The highest BCUT2D eigenvalue weighted by Crippen LogP contribution is 2.31. The van der Waals surface area contributed by atoms with Gasteiger partial charge in [-0.2, -0.15) is 13.2 Å². The van der Waals surface area contributed by atoms with Gasteiger partial charge in [-0.3, -0.25) is 4.79 Å². The van der Waals surface area contributed by atoms with Crippen molar-refractivity contribution in [3.8, 4) is 11.5 Å². The Morgan fingerprint density at radius 2 is 1.95 bits per heavy atom. The summed E-state index contributed by atoms with van der Waals surface area (Å²) in [6.45, 7) is 0. The molecule has 108 valence electrons. The van der Waals surface area contributed by atoms with Crippen LogP contribution in [0, 0.1) is 0 Å². The van der Waals surface area contributed by atoms with Crippen LogP contribution in [-0.2, 0) is 6.18 Å². The van der Waals surface area contributed by atoms with E-state index in [0.29, 0.717) is 0 Å². The van der Waals surface area contributed by atoms with Gasteiger partial charge >= 0.3 is 6.18 Å². The first-order valence-electron chi connectivity index (χ1n) is 5.58. The lowest BCUT2D eigenvalue weighted by Crippen LogP contribution is -2.07. The maximum absolute atomic E-state index is 12.6. The summed E-state index contributed by atoms with van der Waals surface area (Å²) in [5.74, 6) is -0.0760. The summed E-state index contributed by atoms with van der Waals surface area (Å²) < 4.78 is 42.9. The lowest BCUT2D eigenvalue weighted by Gasteiger charge is -2.03. The zero-order valence-corrected chi connectivity index (χ0v) is 10.8. The van der Waals surface area contributed by atoms with E-state index < -0.39 is 17.4 Å². The molecule has 0 unspecified atom stereocenters. The average Bonchev–Trinajstić information content (AvgIpc) is 2.83. The van der Waals surface area contributed by atoms with Crippen molar-refractivity contribution in [2.75, 3.05) is 0 Å². The number of oxazole rings is 1. The summed E-state index contributed by atoms with van der Waals surface area (Å²) >= 11 is 5.82. The lowest BCUT2D eigenvalue weighted by atomic mass is 10.2. The topological polar surface area (TPSA) is 71.8 Å². The van der Waals surface area contributed by atoms with Crippen molar-refractivity contribution in [1.82, 2.24) is 15.0 Å². The number of fused-ring (bicyclic) bond motifs is 1. The first-order chi connectivity index (χ1) is 9.86. The van der Waals surface area contributed by atoms with Gasteiger partial charge in [0.2, 0.25) is 11.6 Å². The molecule has 0 bridgehead atoms. The van der Waals surface area contributed by atoms with Crippen molar-refractivity contribution in [3.63, 3.8) is 0 Å². The van der Waals surface area contributed by atoms with Gasteiger partial charge in [0.15, 0.2) is 0 Å². The molecule has 3 rings (SSSR count). The summed E-state index contributed by atoms with van der Waals surface area (Å²) in [6.07, 6.45) is -3.25. The molecule has 0 spiro atoms. The minimum atomic E-state index is -4.58. The van der Waals surface area contributed by atoms with E-state index in [1.807, 2.05) is 0 Å². The molecule has 0 saturated heterocycles. The smallest absolute Gasteiger partial charge is 0.418 e. The predicted molar refractivity (Wildman–Crippen MR) is 67.9 cm³/mol. The monoisotopic (exact) mass is 315 g/mol. The fourth-order valence-electron chi connectivity index (χ4n) is 1.71. The van der Waals surface area contributed by atoms with Gasteiger partial charge in [0, 0.05) is 6.20 Å². The van der Waals surface area contributed by atoms with E-state index in [1.54, 1.807) is 0 Å². The summed E-state index contributed by atoms with van der Waals surface area (Å²) in [4.78, 5) is 21.1. The first kappa shape index (κ1) is 13.6. The highest BCUT2D eigenvalue weighted by molar-refractivity contribution is 6.32. The first-order valence-corrected chi connectivity index (χ1v) is 5.96. The van der Waals surface area contributed by atoms with Gasteiger partial charge in [0.05, 0.1) is 5.56 Å². The summed E-state index contributed by atoms with van der Waals surface area (Å²) in [7, 11) is 0. The maximum Gasteiger partial charge on any atom is 0.433 e. The molecule has 5 nitrogen and oxygen atoms in total. The molecule has 0 amide bonds. The Labute approximate surface area is 119 Å². The number of nitrogens with zero attached hydrogens (tertiary/aromatic N) is 2. The molecular weight excluding hydrogens is 311 g/mol. The molecule has 21 heavy (non-hydrogen) atoms. The van der Waals surface area contributed by atoms with Crippen molar-refractivity contribution < 1.29 is 17.6 Å². The molecule has 3 heterocycles. The summed E-state index contributed by atoms with van der Waals surface area (Å²) in [5.41, 5.74) is -1.62. The van der Waals surface area contributed by atoms with Gasteiger partial charge in [-0.15, -0.1) is 0 Å². The van der Waals surface area contributed by atoms with Crippen LogP contribution in [0.3, 0.4) is 0 Å². The van der Waals surface area contributed by atoms with E-state index in [2.05, 4.69) is 15.0 Å². The van der Waals surface area contributed by atoms with Crippen LogP contribution in [0.25, 0.3) is 22.7 Å². The number of alkyl halides is 3. The van der Waals surface area contributed by atoms with Crippen LogP contribution in [0.15, 0.2) is 33.6 Å². The fraction of sp³-hybridized carbons (Fsp3) is 0.0833. The molecule has 3 aromatic heterocycles. The van der Waals surface area contributed by atoms with Crippen LogP contribution in [0.4, 0.5) is 13.2 Å². The zero-order valence-electron chi connectivity index (χ0n) is 10.0. The van der Waals surface area contributed by atoms with Crippen LogP contribution in [0.2, 0.25) is 5.02 Å². The fourth-order valence-corrected chi connectivity index (χ4v) is 1.91. The third-order valence-electron chi connectivity index (χ3n) is 2.68. The summed E-state index contributed by atoms with van der Waals surface area (Å²) in [6, 6.07) is 3.37. The second-order valence-electron chi connectivity index (χ2n) is 4.07. The van der Waals surface area contributed by atoms with Gasteiger partial charge in [-0.25, -0.2) is 9.97 Å². The second kappa shape index (κ2) is 4.59. The summed E-state index contributed by atoms with van der Waals surface area (Å²) in [5, 5.41) is -0.167. The van der Waals surface area contributed by atoms with Crippen LogP contribution >= 0.6 is 11.6 Å². The number of pyridine rings is 2. The SMILES string of the molecule is O=c1[nH]ccc(-c2nc3ccc(C(F)(F)F)nc3o2)c1Cl. The minimum Gasteiger partial charge on any atom is -0.418 e. The molecule has 0 aliphatic carbocycles. The molecule has 0 aliphatic heterocycles. The van der Waals surface area contributed by atoms with Gasteiger partial charge in [-0.05, 0) is 18.2 Å². The number of nitrogens with one attached hydrogen (secondary N) is 1. The Hall–Kier alpha value is -2.35. The molecule has 9 heteroatoms. The van der Waals surface area contributed by atoms with Crippen molar-refractivity contribution >= 4 is 22.8 Å².